The number of amides is 2. The fraction of sp³-hybridized carbons (Fsp3) is 0.476. The Morgan fingerprint density at radius 3 is 2.67 bits per heavy atom. The molecule has 0 unspecified atom stereocenters. The van der Waals surface area contributed by atoms with Crippen molar-refractivity contribution in [2.45, 2.75) is 46.0 Å². The van der Waals surface area contributed by atoms with Crippen molar-refractivity contribution in [2.75, 3.05) is 18.4 Å². The average Bonchev–Trinajstić information content (AvgIpc) is 3.13. The van der Waals surface area contributed by atoms with Crippen LogP contribution in [0.5, 0.6) is 0 Å². The zero-order valence-electron chi connectivity index (χ0n) is 15.9. The second kappa shape index (κ2) is 7.43. The van der Waals surface area contributed by atoms with E-state index in [4.69, 9.17) is 0 Å². The van der Waals surface area contributed by atoms with Gasteiger partial charge in [0, 0.05) is 19.5 Å². The molecular formula is C21H25N3O2S. The molecule has 1 aromatic carbocycles. The molecule has 1 aliphatic carbocycles. The SMILES string of the molecule is Cc1cccc(NC(=O)c2sc(CC3CC3)nc2C)c1C(=O)N1CCCC1. The van der Waals surface area contributed by atoms with Crippen LogP contribution in [0.1, 0.15) is 62.0 Å². The first kappa shape index (κ1) is 18.2. The van der Waals surface area contributed by atoms with E-state index in [1.165, 1.54) is 24.2 Å². The lowest BCUT2D eigenvalue weighted by Crippen LogP contribution is -2.29. The molecule has 2 heterocycles. The Kier molecular flexibility index (Phi) is 5.00. The standard InChI is InChI=1S/C21H25N3O2S/c1-13-6-5-7-16(18(13)21(26)24-10-3-4-11-24)23-20(25)19-14(2)22-17(27-19)12-15-8-9-15/h5-7,15H,3-4,8-12H2,1-2H3,(H,23,25). The van der Waals surface area contributed by atoms with Gasteiger partial charge in [0.25, 0.3) is 11.8 Å². The van der Waals surface area contributed by atoms with Crippen molar-refractivity contribution >= 4 is 28.8 Å². The number of hydrogen-bond acceptors (Lipinski definition) is 4. The van der Waals surface area contributed by atoms with Crippen molar-refractivity contribution in [2.24, 2.45) is 5.92 Å². The summed E-state index contributed by atoms with van der Waals surface area (Å²) in [5.74, 6) is 0.581. The van der Waals surface area contributed by atoms with Gasteiger partial charge < -0.3 is 10.2 Å². The maximum absolute atomic E-state index is 13.0. The third-order valence-corrected chi connectivity index (χ3v) is 6.51. The molecule has 2 aromatic rings. The zero-order chi connectivity index (χ0) is 19.0. The highest BCUT2D eigenvalue weighted by molar-refractivity contribution is 7.13. The number of benzene rings is 1. The zero-order valence-corrected chi connectivity index (χ0v) is 16.7. The molecule has 4 rings (SSSR count). The number of aromatic nitrogens is 1. The molecule has 1 aromatic heterocycles. The summed E-state index contributed by atoms with van der Waals surface area (Å²) in [6, 6.07) is 5.62. The van der Waals surface area contributed by atoms with Gasteiger partial charge in [-0.25, -0.2) is 4.98 Å². The molecule has 27 heavy (non-hydrogen) atoms. The number of likely N-dealkylation sites (tertiary alicyclic amines) is 1. The number of thiazole rings is 1. The topological polar surface area (TPSA) is 62.3 Å². The Morgan fingerprint density at radius 2 is 1.96 bits per heavy atom. The van der Waals surface area contributed by atoms with E-state index in [1.807, 2.05) is 36.9 Å². The minimum atomic E-state index is -0.173. The van der Waals surface area contributed by atoms with Crippen molar-refractivity contribution in [3.8, 4) is 0 Å². The van der Waals surface area contributed by atoms with Crippen LogP contribution in [0, 0.1) is 19.8 Å². The number of rotatable bonds is 5. The van der Waals surface area contributed by atoms with Crippen LogP contribution in [0.15, 0.2) is 18.2 Å². The van der Waals surface area contributed by atoms with E-state index in [0.29, 0.717) is 16.1 Å². The van der Waals surface area contributed by atoms with Gasteiger partial charge in [0.1, 0.15) is 4.88 Å². The number of nitrogens with one attached hydrogen (secondary N) is 1. The van der Waals surface area contributed by atoms with Gasteiger partial charge in [-0.3, -0.25) is 9.59 Å². The molecular weight excluding hydrogens is 358 g/mol. The maximum Gasteiger partial charge on any atom is 0.267 e. The summed E-state index contributed by atoms with van der Waals surface area (Å²) in [4.78, 5) is 33.0. The molecule has 2 aliphatic rings. The highest BCUT2D eigenvalue weighted by Crippen LogP contribution is 2.34. The third kappa shape index (κ3) is 3.90. The van der Waals surface area contributed by atoms with Gasteiger partial charge in [-0.05, 0) is 57.1 Å². The van der Waals surface area contributed by atoms with Crippen LogP contribution in [0.2, 0.25) is 0 Å². The summed E-state index contributed by atoms with van der Waals surface area (Å²) in [5, 5.41) is 4.02. The number of carbonyl (C=O) groups excluding carboxylic acids is 2. The summed E-state index contributed by atoms with van der Waals surface area (Å²) in [6.45, 7) is 5.39. The first-order valence-corrected chi connectivity index (χ1v) is 10.5. The predicted octanol–water partition coefficient (Wildman–Crippen LogP) is 4.20. The van der Waals surface area contributed by atoms with E-state index < -0.39 is 0 Å². The molecule has 0 radical (unpaired) electrons. The molecule has 0 bridgehead atoms. The summed E-state index contributed by atoms with van der Waals surface area (Å²) in [7, 11) is 0. The summed E-state index contributed by atoms with van der Waals surface area (Å²) >= 11 is 1.48. The highest BCUT2D eigenvalue weighted by Gasteiger charge is 2.27. The van der Waals surface area contributed by atoms with Crippen molar-refractivity contribution in [3.63, 3.8) is 0 Å². The normalized spacial score (nSPS) is 16.6. The van der Waals surface area contributed by atoms with Gasteiger partial charge in [-0.1, -0.05) is 12.1 Å². The van der Waals surface area contributed by atoms with Crippen LogP contribution >= 0.6 is 11.3 Å². The summed E-state index contributed by atoms with van der Waals surface area (Å²) in [5.41, 5.74) is 2.86. The lowest BCUT2D eigenvalue weighted by molar-refractivity contribution is 0.0793. The Balaban J connectivity index is 1.57. The molecule has 2 fully saturated rings. The van der Waals surface area contributed by atoms with Gasteiger partial charge in [-0.2, -0.15) is 0 Å². The molecule has 142 valence electrons. The molecule has 1 aliphatic heterocycles. The first-order valence-electron chi connectivity index (χ1n) is 9.69. The molecule has 2 amide bonds. The summed E-state index contributed by atoms with van der Waals surface area (Å²) < 4.78 is 0. The van der Waals surface area contributed by atoms with Crippen molar-refractivity contribution < 1.29 is 9.59 Å². The molecule has 0 spiro atoms. The van der Waals surface area contributed by atoms with Gasteiger partial charge >= 0.3 is 0 Å². The Morgan fingerprint density at radius 1 is 1.22 bits per heavy atom. The summed E-state index contributed by atoms with van der Waals surface area (Å²) in [6.07, 6.45) is 5.60. The fourth-order valence-corrected chi connectivity index (χ4v) is 4.71. The van der Waals surface area contributed by atoms with E-state index in [1.54, 1.807) is 0 Å². The van der Waals surface area contributed by atoms with Crippen LogP contribution in [0.4, 0.5) is 5.69 Å². The molecule has 1 saturated heterocycles. The quantitative estimate of drug-likeness (QED) is 0.842. The number of aryl methyl sites for hydroxylation is 2. The average molecular weight is 384 g/mol. The van der Waals surface area contributed by atoms with E-state index in [-0.39, 0.29) is 11.8 Å². The molecule has 0 atom stereocenters. The largest absolute Gasteiger partial charge is 0.339 e. The van der Waals surface area contributed by atoms with E-state index in [0.717, 1.165) is 54.5 Å². The lowest BCUT2D eigenvalue weighted by atomic mass is 10.0. The minimum Gasteiger partial charge on any atom is -0.339 e. The maximum atomic E-state index is 13.0. The van der Waals surface area contributed by atoms with E-state index in [9.17, 15) is 9.59 Å². The predicted molar refractivity (Wildman–Crippen MR) is 108 cm³/mol. The van der Waals surface area contributed by atoms with E-state index in [2.05, 4.69) is 10.3 Å². The smallest absolute Gasteiger partial charge is 0.267 e. The number of carbonyl (C=O) groups is 2. The molecule has 6 heteroatoms. The Hall–Kier alpha value is -2.21. The van der Waals surface area contributed by atoms with Crippen LogP contribution in [-0.2, 0) is 6.42 Å². The van der Waals surface area contributed by atoms with E-state index >= 15 is 0 Å². The van der Waals surface area contributed by atoms with Gasteiger partial charge in [0.15, 0.2) is 0 Å². The molecule has 1 N–H and O–H groups in total. The number of hydrogen-bond donors (Lipinski definition) is 1. The van der Waals surface area contributed by atoms with Crippen molar-refractivity contribution in [1.29, 1.82) is 0 Å². The molecule has 5 nitrogen and oxygen atoms in total. The number of nitrogens with zero attached hydrogens (tertiary/aromatic N) is 2. The fourth-order valence-electron chi connectivity index (χ4n) is 3.63. The second-order valence-electron chi connectivity index (χ2n) is 7.62. The third-order valence-electron chi connectivity index (χ3n) is 5.34. The monoisotopic (exact) mass is 383 g/mol. The second-order valence-corrected chi connectivity index (χ2v) is 8.70. The van der Waals surface area contributed by atoms with Crippen LogP contribution in [-0.4, -0.2) is 34.8 Å². The van der Waals surface area contributed by atoms with Crippen molar-refractivity contribution in [3.05, 3.63) is 44.9 Å². The lowest BCUT2D eigenvalue weighted by Gasteiger charge is -2.19. The van der Waals surface area contributed by atoms with Crippen molar-refractivity contribution in [1.82, 2.24) is 9.88 Å². The Bertz CT molecular complexity index is 880. The van der Waals surface area contributed by atoms with Gasteiger partial charge in [0.05, 0.1) is 22.0 Å². The number of anilines is 1. The van der Waals surface area contributed by atoms with Crippen LogP contribution < -0.4 is 5.32 Å². The van der Waals surface area contributed by atoms with Crippen LogP contribution in [0.3, 0.4) is 0 Å². The van der Waals surface area contributed by atoms with Crippen LogP contribution in [0.25, 0.3) is 0 Å². The molecule has 1 saturated carbocycles. The Labute approximate surface area is 163 Å². The van der Waals surface area contributed by atoms with Gasteiger partial charge in [0.2, 0.25) is 0 Å². The van der Waals surface area contributed by atoms with Gasteiger partial charge in [-0.15, -0.1) is 11.3 Å². The minimum absolute atomic E-state index is 0.0105. The first-order chi connectivity index (χ1) is 13.0. The highest BCUT2D eigenvalue weighted by atomic mass is 32.1.